The molecule has 0 saturated carbocycles. The molecule has 4 aromatic rings. The summed E-state index contributed by atoms with van der Waals surface area (Å²) in [5.74, 6) is 1.90. The van der Waals surface area contributed by atoms with Crippen LogP contribution in [0.25, 0.3) is 16.6 Å². The van der Waals surface area contributed by atoms with Gasteiger partial charge in [0.05, 0.1) is 11.3 Å². The van der Waals surface area contributed by atoms with E-state index in [4.69, 9.17) is 4.52 Å². The van der Waals surface area contributed by atoms with Crippen molar-refractivity contribution >= 4 is 28.3 Å². The van der Waals surface area contributed by atoms with Gasteiger partial charge in [0, 0.05) is 10.8 Å². The van der Waals surface area contributed by atoms with Crippen molar-refractivity contribution in [3.05, 3.63) is 47.6 Å². The van der Waals surface area contributed by atoms with Gasteiger partial charge >= 0.3 is 0 Å². The maximum atomic E-state index is 5.36. The van der Waals surface area contributed by atoms with Gasteiger partial charge in [-0.05, 0) is 24.6 Å². The molecule has 0 bridgehead atoms. The molecule has 1 aromatic carbocycles. The molecule has 25 heavy (non-hydrogen) atoms. The van der Waals surface area contributed by atoms with Crippen LogP contribution in [0.4, 0.5) is 0 Å². The molecule has 0 atom stereocenters. The second kappa shape index (κ2) is 5.84. The number of hydrogen-bond donors (Lipinski definition) is 0. The van der Waals surface area contributed by atoms with Crippen molar-refractivity contribution in [3.8, 4) is 0 Å². The van der Waals surface area contributed by atoms with E-state index in [1.54, 1.807) is 11.8 Å². The molecular weight excluding hydrogens is 334 g/mol. The minimum atomic E-state index is -0.148. The minimum absolute atomic E-state index is 0.148. The lowest BCUT2D eigenvalue weighted by Gasteiger charge is -2.10. The van der Waals surface area contributed by atoms with Crippen molar-refractivity contribution in [2.45, 2.75) is 44.0 Å². The number of hydrogen-bond acceptors (Lipinski definition) is 6. The van der Waals surface area contributed by atoms with Crippen LogP contribution in [-0.4, -0.2) is 24.7 Å². The Kier molecular flexibility index (Phi) is 3.76. The molecule has 0 radical (unpaired) electrons. The van der Waals surface area contributed by atoms with Crippen LogP contribution in [0.15, 0.2) is 40.0 Å². The maximum absolute atomic E-state index is 5.36. The van der Waals surface area contributed by atoms with Crippen molar-refractivity contribution in [1.82, 2.24) is 24.7 Å². The predicted octanol–water partition coefficient (Wildman–Crippen LogP) is 4.16. The first-order valence-corrected chi connectivity index (χ1v) is 9.11. The third-order valence-corrected chi connectivity index (χ3v) is 4.94. The van der Waals surface area contributed by atoms with Crippen molar-refractivity contribution in [1.29, 1.82) is 0 Å². The van der Waals surface area contributed by atoms with Gasteiger partial charge in [-0.1, -0.05) is 55.9 Å². The lowest BCUT2D eigenvalue weighted by molar-refractivity contribution is 0.319. The summed E-state index contributed by atoms with van der Waals surface area (Å²) in [6.45, 7) is 8.25. The highest BCUT2D eigenvalue weighted by Gasteiger charge is 2.22. The number of fused-ring (bicyclic) bond motifs is 3. The summed E-state index contributed by atoms with van der Waals surface area (Å²) >= 11 is 1.56. The molecule has 0 unspecified atom stereocenters. The van der Waals surface area contributed by atoms with Crippen LogP contribution < -0.4 is 0 Å². The fourth-order valence-electron chi connectivity index (χ4n) is 2.71. The third kappa shape index (κ3) is 2.89. The molecule has 128 valence electrons. The molecule has 7 heteroatoms. The minimum Gasteiger partial charge on any atom is -0.339 e. The van der Waals surface area contributed by atoms with Crippen LogP contribution in [0.1, 0.15) is 38.0 Å². The van der Waals surface area contributed by atoms with E-state index in [0.717, 1.165) is 16.3 Å². The number of aromatic nitrogens is 5. The number of nitrogens with zero attached hydrogens (tertiary/aromatic N) is 5. The molecule has 4 rings (SSSR count). The first-order chi connectivity index (χ1) is 11.9. The predicted molar refractivity (Wildman–Crippen MR) is 97.8 cm³/mol. The Hall–Kier alpha value is -2.41. The fraction of sp³-hybridized carbons (Fsp3) is 0.333. The van der Waals surface area contributed by atoms with Crippen LogP contribution >= 0.6 is 11.8 Å². The van der Waals surface area contributed by atoms with Gasteiger partial charge in [0.2, 0.25) is 5.89 Å². The Morgan fingerprint density at radius 3 is 2.72 bits per heavy atom. The number of rotatable bonds is 3. The van der Waals surface area contributed by atoms with Crippen molar-refractivity contribution in [3.63, 3.8) is 0 Å². The second-order valence-corrected chi connectivity index (χ2v) is 8.02. The van der Waals surface area contributed by atoms with E-state index in [2.05, 4.69) is 70.6 Å². The molecule has 3 heterocycles. The first-order valence-electron chi connectivity index (χ1n) is 8.13. The van der Waals surface area contributed by atoms with E-state index in [-0.39, 0.29) is 5.41 Å². The highest BCUT2D eigenvalue weighted by atomic mass is 32.2. The monoisotopic (exact) mass is 353 g/mol. The van der Waals surface area contributed by atoms with Gasteiger partial charge in [-0.3, -0.25) is 4.40 Å². The summed E-state index contributed by atoms with van der Waals surface area (Å²) in [5, 5.41) is 14.8. The standard InChI is InChI=1S/C18H19N5OS/c1-11-9-15-20-21-17(23(15)13-8-6-5-7-12(11)13)25-10-14-19-16(24-22-14)18(2,3)4/h5-9H,10H2,1-4H3. The van der Waals surface area contributed by atoms with Crippen LogP contribution in [0, 0.1) is 6.92 Å². The molecule has 0 saturated heterocycles. The number of para-hydroxylation sites is 1. The number of pyridine rings is 1. The summed E-state index contributed by atoms with van der Waals surface area (Å²) in [6, 6.07) is 10.4. The second-order valence-electron chi connectivity index (χ2n) is 7.08. The quantitative estimate of drug-likeness (QED) is 0.515. The van der Waals surface area contributed by atoms with Crippen LogP contribution in [-0.2, 0) is 11.2 Å². The SMILES string of the molecule is Cc1cc2nnc(SCc3noc(C(C)(C)C)n3)n2c2ccccc12. The number of thioether (sulfide) groups is 1. The Morgan fingerprint density at radius 2 is 1.96 bits per heavy atom. The highest BCUT2D eigenvalue weighted by molar-refractivity contribution is 7.98. The average Bonchev–Trinajstić information content (AvgIpc) is 3.19. The summed E-state index contributed by atoms with van der Waals surface area (Å²) in [6.07, 6.45) is 0. The number of aryl methyl sites for hydroxylation is 1. The fourth-order valence-corrected chi connectivity index (χ4v) is 3.51. The normalized spacial score (nSPS) is 12.3. The van der Waals surface area contributed by atoms with Crippen LogP contribution in [0.5, 0.6) is 0 Å². The molecule has 0 aliphatic rings. The zero-order chi connectivity index (χ0) is 17.6. The van der Waals surface area contributed by atoms with Gasteiger partial charge in [-0.2, -0.15) is 4.98 Å². The van der Waals surface area contributed by atoms with E-state index < -0.39 is 0 Å². The van der Waals surface area contributed by atoms with E-state index in [9.17, 15) is 0 Å². The van der Waals surface area contributed by atoms with Crippen LogP contribution in [0.2, 0.25) is 0 Å². The Morgan fingerprint density at radius 1 is 1.16 bits per heavy atom. The summed E-state index contributed by atoms with van der Waals surface area (Å²) < 4.78 is 7.44. The van der Waals surface area contributed by atoms with Gasteiger partial charge in [0.1, 0.15) is 0 Å². The highest BCUT2D eigenvalue weighted by Crippen LogP contribution is 2.27. The van der Waals surface area contributed by atoms with E-state index in [1.165, 1.54) is 10.9 Å². The maximum Gasteiger partial charge on any atom is 0.232 e. The Balaban J connectivity index is 1.68. The molecule has 0 fully saturated rings. The summed E-state index contributed by atoms with van der Waals surface area (Å²) in [5.41, 5.74) is 3.00. The van der Waals surface area contributed by atoms with E-state index in [1.807, 2.05) is 12.1 Å². The topological polar surface area (TPSA) is 69.1 Å². The largest absolute Gasteiger partial charge is 0.339 e. The van der Waals surface area contributed by atoms with Gasteiger partial charge in [-0.15, -0.1) is 10.2 Å². The van der Waals surface area contributed by atoms with Gasteiger partial charge in [0.25, 0.3) is 0 Å². The summed E-state index contributed by atoms with van der Waals surface area (Å²) in [7, 11) is 0. The average molecular weight is 353 g/mol. The summed E-state index contributed by atoms with van der Waals surface area (Å²) in [4.78, 5) is 4.48. The van der Waals surface area contributed by atoms with Crippen molar-refractivity contribution in [2.75, 3.05) is 0 Å². The zero-order valence-corrected chi connectivity index (χ0v) is 15.5. The lowest BCUT2D eigenvalue weighted by Crippen LogP contribution is -2.11. The van der Waals surface area contributed by atoms with Crippen LogP contribution in [0.3, 0.4) is 0 Å². The smallest absolute Gasteiger partial charge is 0.232 e. The molecule has 0 N–H and O–H groups in total. The third-order valence-electron chi connectivity index (χ3n) is 4.01. The molecule has 0 spiro atoms. The van der Waals surface area contributed by atoms with Crippen molar-refractivity contribution in [2.24, 2.45) is 0 Å². The van der Waals surface area contributed by atoms with E-state index >= 15 is 0 Å². The van der Waals surface area contributed by atoms with Gasteiger partial charge < -0.3 is 4.52 Å². The van der Waals surface area contributed by atoms with Crippen molar-refractivity contribution < 1.29 is 4.52 Å². The molecular formula is C18H19N5OS. The zero-order valence-electron chi connectivity index (χ0n) is 14.6. The molecule has 3 aromatic heterocycles. The van der Waals surface area contributed by atoms with Gasteiger partial charge in [-0.25, -0.2) is 0 Å². The first kappa shape index (κ1) is 16.1. The number of benzene rings is 1. The Bertz CT molecular complexity index is 1060. The van der Waals surface area contributed by atoms with Gasteiger partial charge in [0.15, 0.2) is 16.6 Å². The molecule has 0 aliphatic heterocycles. The lowest BCUT2D eigenvalue weighted by atomic mass is 9.97. The molecule has 0 aliphatic carbocycles. The molecule has 6 nitrogen and oxygen atoms in total. The van der Waals surface area contributed by atoms with E-state index in [0.29, 0.717) is 17.5 Å². The Labute approximate surface area is 149 Å². The molecule has 0 amide bonds.